The van der Waals surface area contributed by atoms with E-state index < -0.39 is 12.1 Å². The Balaban J connectivity index is 2.08. The average molecular weight is 426 g/mol. The molecule has 2 aliphatic carbocycles. The molecule has 1 amide bonds. The van der Waals surface area contributed by atoms with Gasteiger partial charge in [-0.25, -0.2) is 4.79 Å². The zero-order valence-electron chi connectivity index (χ0n) is 18.7. The van der Waals surface area contributed by atoms with E-state index in [0.29, 0.717) is 19.4 Å². The summed E-state index contributed by atoms with van der Waals surface area (Å²) in [4.78, 5) is 28.5. The fourth-order valence-corrected chi connectivity index (χ4v) is 4.73. The number of ether oxygens (including phenoxy) is 2. The molecule has 0 aromatic heterocycles. The summed E-state index contributed by atoms with van der Waals surface area (Å²) in [5.41, 5.74) is 1.09. The third kappa shape index (κ3) is 5.27. The SMILES string of the molecule is C=CCC1OC(C2=CCCC=C2)C(C2C=CC=CC2)N(C(CCC)C(=O)OCC)C1=O. The number of hydrogen-bond donors (Lipinski definition) is 0. The second kappa shape index (κ2) is 11.3. The number of carbonyl (C=O) groups is 2. The molecule has 3 rings (SSSR count). The Bertz CT molecular complexity index is 778. The summed E-state index contributed by atoms with van der Waals surface area (Å²) < 4.78 is 11.9. The summed E-state index contributed by atoms with van der Waals surface area (Å²) in [5.74, 6) is -0.408. The van der Waals surface area contributed by atoms with E-state index in [2.05, 4.69) is 37.0 Å². The van der Waals surface area contributed by atoms with Gasteiger partial charge in [0.05, 0.1) is 12.6 Å². The molecule has 1 aliphatic heterocycles. The van der Waals surface area contributed by atoms with Crippen molar-refractivity contribution in [1.29, 1.82) is 0 Å². The minimum Gasteiger partial charge on any atom is -0.464 e. The van der Waals surface area contributed by atoms with Crippen LogP contribution in [0.3, 0.4) is 0 Å². The zero-order valence-corrected chi connectivity index (χ0v) is 18.7. The second-order valence-electron chi connectivity index (χ2n) is 8.26. The van der Waals surface area contributed by atoms with Crippen molar-refractivity contribution in [2.75, 3.05) is 6.61 Å². The number of allylic oxidation sites excluding steroid dienone is 5. The number of carbonyl (C=O) groups excluding carboxylic acids is 2. The maximum absolute atomic E-state index is 13.7. The molecule has 0 aromatic rings. The smallest absolute Gasteiger partial charge is 0.328 e. The molecule has 0 saturated carbocycles. The van der Waals surface area contributed by atoms with Crippen LogP contribution in [0.5, 0.6) is 0 Å². The molecule has 3 aliphatic rings. The molecule has 0 radical (unpaired) electrons. The summed E-state index contributed by atoms with van der Waals surface area (Å²) in [6.45, 7) is 7.94. The second-order valence-corrected chi connectivity index (χ2v) is 8.26. The van der Waals surface area contributed by atoms with Crippen molar-refractivity contribution in [2.45, 2.75) is 76.7 Å². The van der Waals surface area contributed by atoms with Gasteiger partial charge in [-0.15, -0.1) is 6.58 Å². The molecular weight excluding hydrogens is 390 g/mol. The normalized spacial score (nSPS) is 28.9. The minimum absolute atomic E-state index is 0.0636. The highest BCUT2D eigenvalue weighted by Gasteiger charge is 2.50. The maximum Gasteiger partial charge on any atom is 0.328 e. The quantitative estimate of drug-likeness (QED) is 0.398. The van der Waals surface area contributed by atoms with Crippen LogP contribution < -0.4 is 0 Å². The number of hydrogen-bond acceptors (Lipinski definition) is 4. The van der Waals surface area contributed by atoms with Gasteiger partial charge in [0.15, 0.2) is 0 Å². The Morgan fingerprint density at radius 2 is 2.16 bits per heavy atom. The lowest BCUT2D eigenvalue weighted by Crippen LogP contribution is -2.65. The summed E-state index contributed by atoms with van der Waals surface area (Å²) in [5, 5.41) is 0. The van der Waals surface area contributed by atoms with Crippen molar-refractivity contribution in [3.8, 4) is 0 Å². The third-order valence-electron chi connectivity index (χ3n) is 6.11. The molecule has 0 bridgehead atoms. The van der Waals surface area contributed by atoms with E-state index in [9.17, 15) is 9.59 Å². The van der Waals surface area contributed by atoms with E-state index in [0.717, 1.165) is 31.3 Å². The Labute approximate surface area is 186 Å². The first-order chi connectivity index (χ1) is 15.1. The number of esters is 1. The number of nitrogens with zero attached hydrogens (tertiary/aromatic N) is 1. The maximum atomic E-state index is 13.7. The molecule has 5 atom stereocenters. The van der Waals surface area contributed by atoms with Crippen LogP contribution >= 0.6 is 0 Å². The molecule has 31 heavy (non-hydrogen) atoms. The Hall–Kier alpha value is -2.40. The lowest BCUT2D eigenvalue weighted by molar-refractivity contribution is -0.182. The molecule has 0 aromatic carbocycles. The molecule has 1 saturated heterocycles. The van der Waals surface area contributed by atoms with Crippen LogP contribution in [-0.2, 0) is 19.1 Å². The Morgan fingerprint density at radius 1 is 1.32 bits per heavy atom. The van der Waals surface area contributed by atoms with Crippen molar-refractivity contribution in [3.63, 3.8) is 0 Å². The molecule has 5 nitrogen and oxygen atoms in total. The predicted octanol–water partition coefficient (Wildman–Crippen LogP) is 4.67. The van der Waals surface area contributed by atoms with Crippen LogP contribution in [0.2, 0.25) is 0 Å². The summed E-state index contributed by atoms with van der Waals surface area (Å²) in [6, 6.07) is -0.890. The van der Waals surface area contributed by atoms with Gasteiger partial charge in [0.25, 0.3) is 5.91 Å². The van der Waals surface area contributed by atoms with Gasteiger partial charge in [-0.2, -0.15) is 0 Å². The van der Waals surface area contributed by atoms with Gasteiger partial charge < -0.3 is 14.4 Å². The first-order valence-corrected chi connectivity index (χ1v) is 11.6. The topological polar surface area (TPSA) is 55.8 Å². The first-order valence-electron chi connectivity index (χ1n) is 11.6. The van der Waals surface area contributed by atoms with Crippen LogP contribution in [0, 0.1) is 5.92 Å². The molecule has 1 heterocycles. The van der Waals surface area contributed by atoms with E-state index in [1.165, 1.54) is 0 Å². The van der Waals surface area contributed by atoms with Crippen molar-refractivity contribution < 1.29 is 19.1 Å². The number of rotatable bonds is 9. The van der Waals surface area contributed by atoms with Crippen LogP contribution in [0.1, 0.15) is 52.4 Å². The predicted molar refractivity (Wildman–Crippen MR) is 122 cm³/mol. The highest BCUT2D eigenvalue weighted by atomic mass is 16.5. The van der Waals surface area contributed by atoms with Gasteiger partial charge in [0, 0.05) is 12.3 Å². The molecular formula is C26H35NO4. The van der Waals surface area contributed by atoms with Crippen LogP contribution in [0.4, 0.5) is 0 Å². The molecule has 168 valence electrons. The van der Waals surface area contributed by atoms with Gasteiger partial charge in [-0.3, -0.25) is 4.79 Å². The van der Waals surface area contributed by atoms with Gasteiger partial charge in [0.2, 0.25) is 0 Å². The number of morpholine rings is 1. The van der Waals surface area contributed by atoms with Gasteiger partial charge in [-0.1, -0.05) is 62.0 Å². The van der Waals surface area contributed by atoms with E-state index >= 15 is 0 Å². The lowest BCUT2D eigenvalue weighted by atomic mass is 9.81. The molecule has 0 spiro atoms. The average Bonchev–Trinajstić information content (AvgIpc) is 2.80. The summed E-state index contributed by atoms with van der Waals surface area (Å²) in [6.07, 6.45) is 20.1. The lowest BCUT2D eigenvalue weighted by Gasteiger charge is -2.50. The Kier molecular flexibility index (Phi) is 8.47. The van der Waals surface area contributed by atoms with E-state index in [1.54, 1.807) is 17.9 Å². The van der Waals surface area contributed by atoms with Crippen LogP contribution in [-0.4, -0.2) is 47.7 Å². The standard InChI is InChI=1S/C26H35NO4/c1-4-13-21(26(29)30-6-3)27-23(19-15-9-7-10-16-19)24(20-17-11-8-12-18-20)31-22(14-5-2)25(27)28/h5,7,9-11,15,17-19,21-24H,2,4,6,8,12-14,16H2,1,3H3. The molecule has 0 N–H and O–H groups in total. The highest BCUT2D eigenvalue weighted by Crippen LogP contribution is 2.37. The van der Waals surface area contributed by atoms with Crippen molar-refractivity contribution in [2.24, 2.45) is 5.92 Å². The largest absolute Gasteiger partial charge is 0.464 e. The van der Waals surface area contributed by atoms with E-state index in [-0.39, 0.29) is 29.9 Å². The first kappa shape index (κ1) is 23.3. The Morgan fingerprint density at radius 3 is 2.77 bits per heavy atom. The van der Waals surface area contributed by atoms with Crippen molar-refractivity contribution in [1.82, 2.24) is 4.90 Å². The fraction of sp³-hybridized carbons (Fsp3) is 0.538. The minimum atomic E-state index is -0.646. The third-order valence-corrected chi connectivity index (χ3v) is 6.11. The van der Waals surface area contributed by atoms with Crippen LogP contribution in [0.15, 0.2) is 60.8 Å². The monoisotopic (exact) mass is 425 g/mol. The molecule has 1 fully saturated rings. The van der Waals surface area contributed by atoms with Gasteiger partial charge in [0.1, 0.15) is 18.2 Å². The highest BCUT2D eigenvalue weighted by molar-refractivity contribution is 5.88. The van der Waals surface area contributed by atoms with Crippen LogP contribution in [0.25, 0.3) is 0 Å². The number of amides is 1. The van der Waals surface area contributed by atoms with Gasteiger partial charge in [-0.05, 0) is 38.2 Å². The van der Waals surface area contributed by atoms with Crippen molar-refractivity contribution in [3.05, 3.63) is 60.8 Å². The molecule has 5 unspecified atom stereocenters. The summed E-state index contributed by atoms with van der Waals surface area (Å²) >= 11 is 0. The molecule has 5 heteroatoms. The zero-order chi connectivity index (χ0) is 22.2. The summed E-state index contributed by atoms with van der Waals surface area (Å²) in [7, 11) is 0. The van der Waals surface area contributed by atoms with Gasteiger partial charge >= 0.3 is 5.97 Å². The van der Waals surface area contributed by atoms with Crippen molar-refractivity contribution >= 4 is 11.9 Å². The van der Waals surface area contributed by atoms with E-state index in [1.807, 2.05) is 19.1 Å². The fourth-order valence-electron chi connectivity index (χ4n) is 4.73. The van der Waals surface area contributed by atoms with E-state index in [4.69, 9.17) is 9.47 Å².